The van der Waals surface area contributed by atoms with Crippen LogP contribution in [-0.4, -0.2) is 17.7 Å². The zero-order valence-electron chi connectivity index (χ0n) is 9.59. The molecule has 0 heterocycles. The summed E-state index contributed by atoms with van der Waals surface area (Å²) in [5, 5.41) is 0. The molecule has 0 radical (unpaired) electrons. The van der Waals surface area contributed by atoms with E-state index in [1.54, 1.807) is 0 Å². The summed E-state index contributed by atoms with van der Waals surface area (Å²) in [4.78, 5) is 20.8. The predicted octanol–water partition coefficient (Wildman–Crippen LogP) is 1.98. The summed E-state index contributed by atoms with van der Waals surface area (Å²) in [5.74, 6) is -5.13. The van der Waals surface area contributed by atoms with E-state index < -0.39 is 38.4 Å². The number of alkyl halides is 5. The van der Waals surface area contributed by atoms with Gasteiger partial charge in [0.25, 0.3) is 0 Å². The Balaban J connectivity index is 5.09. The van der Waals surface area contributed by atoms with Crippen molar-refractivity contribution in [1.29, 1.82) is 0 Å². The van der Waals surface area contributed by atoms with Gasteiger partial charge in [-0.25, -0.2) is 0 Å². The normalized spacial score (nSPS) is 17.6. The summed E-state index contributed by atoms with van der Waals surface area (Å²) in [6, 6.07) is 0. The number of halogens is 5. The van der Waals surface area contributed by atoms with Crippen molar-refractivity contribution < 1.29 is 40.8 Å². The third-order valence-corrected chi connectivity index (χ3v) is 2.79. The molecule has 0 aromatic carbocycles. The number of phosphoric ester groups is 1. The number of rotatable bonds is 6. The van der Waals surface area contributed by atoms with Gasteiger partial charge >= 0.3 is 12.1 Å². The molecule has 18 heavy (non-hydrogen) atoms. The minimum Gasteiger partial charge on any atom is -0.790 e. The van der Waals surface area contributed by atoms with Crippen molar-refractivity contribution in [3.63, 3.8) is 0 Å². The fourth-order valence-corrected chi connectivity index (χ4v) is 2.23. The van der Waals surface area contributed by atoms with Gasteiger partial charge in [-0.15, -0.1) is 0 Å². The minimum absolute atomic E-state index is 0.0738. The summed E-state index contributed by atoms with van der Waals surface area (Å²) in [6.45, 7) is 2.16. The second-order valence-electron chi connectivity index (χ2n) is 4.12. The molecule has 110 valence electrons. The van der Waals surface area contributed by atoms with E-state index in [2.05, 4.69) is 4.52 Å². The standard InChI is InChI=1S/C8H14F5O4P/c1-3-4-6(2,17-18(14,15)16)5-7(9,10)8(11,12)13/h3-5H2,1-2H3,(H2,14,15,16)/p-2. The van der Waals surface area contributed by atoms with Crippen molar-refractivity contribution in [2.45, 2.75) is 50.8 Å². The maximum atomic E-state index is 12.8. The molecule has 0 bridgehead atoms. The van der Waals surface area contributed by atoms with E-state index in [4.69, 9.17) is 0 Å². The highest BCUT2D eigenvalue weighted by molar-refractivity contribution is 7.43. The quantitative estimate of drug-likeness (QED) is 0.555. The molecule has 1 atom stereocenters. The van der Waals surface area contributed by atoms with E-state index in [9.17, 15) is 36.3 Å². The van der Waals surface area contributed by atoms with Crippen molar-refractivity contribution >= 4 is 7.82 Å². The second kappa shape index (κ2) is 5.40. The molecule has 0 saturated carbocycles. The highest BCUT2D eigenvalue weighted by Gasteiger charge is 2.60. The van der Waals surface area contributed by atoms with Crippen LogP contribution in [0.5, 0.6) is 0 Å². The van der Waals surface area contributed by atoms with E-state index >= 15 is 0 Å². The van der Waals surface area contributed by atoms with Gasteiger partial charge in [0.1, 0.15) is 0 Å². The predicted molar refractivity (Wildman–Crippen MR) is 47.6 cm³/mol. The minimum atomic E-state index is -5.83. The summed E-state index contributed by atoms with van der Waals surface area (Å²) in [6.07, 6.45) is -8.11. The average Bonchev–Trinajstić information content (AvgIpc) is 1.94. The van der Waals surface area contributed by atoms with Crippen LogP contribution in [0, 0.1) is 0 Å². The lowest BCUT2D eigenvalue weighted by molar-refractivity contribution is -0.354. The Kier molecular flexibility index (Phi) is 5.33. The maximum absolute atomic E-state index is 12.8. The summed E-state index contributed by atoms with van der Waals surface area (Å²) in [5.41, 5.74) is -2.38. The topological polar surface area (TPSA) is 72.4 Å². The SMILES string of the molecule is CCCC(C)(CC(F)(F)C(F)(F)F)OP(=O)([O-])[O-]. The lowest BCUT2D eigenvalue weighted by atomic mass is 9.93. The van der Waals surface area contributed by atoms with Gasteiger partial charge in [-0.2, -0.15) is 22.0 Å². The van der Waals surface area contributed by atoms with Crippen LogP contribution in [0.4, 0.5) is 22.0 Å². The highest BCUT2D eigenvalue weighted by atomic mass is 31.2. The molecule has 0 aromatic rings. The van der Waals surface area contributed by atoms with Gasteiger partial charge in [-0.05, 0) is 13.3 Å². The van der Waals surface area contributed by atoms with Gasteiger partial charge in [-0.1, -0.05) is 13.3 Å². The largest absolute Gasteiger partial charge is 0.790 e. The van der Waals surface area contributed by atoms with Crippen LogP contribution < -0.4 is 9.79 Å². The molecule has 0 aliphatic heterocycles. The Bertz CT molecular complexity index is 326. The summed E-state index contributed by atoms with van der Waals surface area (Å²) < 4.78 is 75.9. The van der Waals surface area contributed by atoms with E-state index in [1.807, 2.05) is 0 Å². The van der Waals surface area contributed by atoms with Crippen molar-refractivity contribution in [3.8, 4) is 0 Å². The Morgan fingerprint density at radius 1 is 1.17 bits per heavy atom. The lowest BCUT2D eigenvalue weighted by Gasteiger charge is -2.41. The number of phosphoric acid groups is 1. The van der Waals surface area contributed by atoms with Crippen LogP contribution in [0.3, 0.4) is 0 Å². The third kappa shape index (κ3) is 5.60. The lowest BCUT2D eigenvalue weighted by Crippen LogP contribution is -2.45. The molecule has 0 fully saturated rings. The molecule has 0 N–H and O–H groups in total. The molecule has 0 spiro atoms. The number of hydrogen-bond acceptors (Lipinski definition) is 4. The smallest absolute Gasteiger partial charge is 0.453 e. The van der Waals surface area contributed by atoms with Crippen LogP contribution in [-0.2, 0) is 9.09 Å². The Morgan fingerprint density at radius 2 is 1.61 bits per heavy atom. The van der Waals surface area contributed by atoms with Crippen molar-refractivity contribution in [2.75, 3.05) is 0 Å². The van der Waals surface area contributed by atoms with Gasteiger partial charge in [0.05, 0.1) is 13.4 Å². The third-order valence-electron chi connectivity index (χ3n) is 2.12. The van der Waals surface area contributed by atoms with Crippen molar-refractivity contribution in [3.05, 3.63) is 0 Å². The molecule has 10 heteroatoms. The molecule has 4 nitrogen and oxygen atoms in total. The van der Waals surface area contributed by atoms with Crippen LogP contribution in [0.25, 0.3) is 0 Å². The average molecular weight is 298 g/mol. The zero-order chi connectivity index (χ0) is 14.8. The molecule has 0 aliphatic rings. The molecular weight excluding hydrogens is 286 g/mol. The highest BCUT2D eigenvalue weighted by Crippen LogP contribution is 2.46. The van der Waals surface area contributed by atoms with Gasteiger partial charge in [0.2, 0.25) is 0 Å². The van der Waals surface area contributed by atoms with Crippen LogP contribution in [0.2, 0.25) is 0 Å². The molecule has 1 unspecified atom stereocenters. The molecule has 0 saturated heterocycles. The van der Waals surface area contributed by atoms with Gasteiger partial charge < -0.3 is 18.9 Å². The van der Waals surface area contributed by atoms with Crippen LogP contribution >= 0.6 is 7.82 Å². The first-order valence-electron chi connectivity index (χ1n) is 4.90. The maximum Gasteiger partial charge on any atom is 0.453 e. The van der Waals surface area contributed by atoms with E-state index in [0.717, 1.165) is 6.92 Å². The molecule has 0 aromatic heterocycles. The van der Waals surface area contributed by atoms with Crippen LogP contribution in [0.15, 0.2) is 0 Å². The van der Waals surface area contributed by atoms with E-state index in [-0.39, 0.29) is 6.42 Å². The van der Waals surface area contributed by atoms with Crippen molar-refractivity contribution in [1.82, 2.24) is 0 Å². The zero-order valence-corrected chi connectivity index (χ0v) is 10.5. The Hall–Kier alpha value is -0.240. The van der Waals surface area contributed by atoms with E-state index in [1.165, 1.54) is 6.92 Å². The molecule has 0 amide bonds. The Labute approximate surface area is 100 Å². The monoisotopic (exact) mass is 298 g/mol. The Morgan fingerprint density at radius 3 is 1.89 bits per heavy atom. The number of hydrogen-bond donors (Lipinski definition) is 0. The van der Waals surface area contributed by atoms with Crippen molar-refractivity contribution in [2.24, 2.45) is 0 Å². The fraction of sp³-hybridized carbons (Fsp3) is 1.00. The van der Waals surface area contributed by atoms with Gasteiger partial charge in [0.15, 0.2) is 0 Å². The van der Waals surface area contributed by atoms with Gasteiger partial charge in [0, 0.05) is 6.42 Å². The first-order chi connectivity index (χ1) is 7.72. The fourth-order valence-electron chi connectivity index (χ4n) is 1.53. The van der Waals surface area contributed by atoms with E-state index in [0.29, 0.717) is 0 Å². The summed E-state index contributed by atoms with van der Waals surface area (Å²) >= 11 is 0. The molecular formula is C8H12F5O4P-2. The molecule has 0 rings (SSSR count). The summed E-state index contributed by atoms with van der Waals surface area (Å²) in [7, 11) is -5.66. The first kappa shape index (κ1) is 17.8. The first-order valence-corrected chi connectivity index (χ1v) is 6.36. The second-order valence-corrected chi connectivity index (χ2v) is 5.19. The van der Waals surface area contributed by atoms with Crippen LogP contribution in [0.1, 0.15) is 33.1 Å². The van der Waals surface area contributed by atoms with Gasteiger partial charge in [-0.3, -0.25) is 0 Å². The molecule has 0 aliphatic carbocycles.